The quantitative estimate of drug-likeness (QED) is 0.797. The van der Waals surface area contributed by atoms with E-state index in [9.17, 15) is 4.79 Å². The van der Waals surface area contributed by atoms with Crippen LogP contribution in [-0.2, 0) is 4.79 Å². The van der Waals surface area contributed by atoms with Crippen molar-refractivity contribution in [2.75, 3.05) is 11.9 Å². The second-order valence-corrected chi connectivity index (χ2v) is 6.55. The normalized spacial score (nSPS) is 15.7. The number of thioether (sulfide) groups is 1. The molecule has 3 rings (SSSR count). The Balaban J connectivity index is 1.68. The van der Waals surface area contributed by atoms with Gasteiger partial charge < -0.3 is 9.47 Å². The molecule has 1 aromatic heterocycles. The van der Waals surface area contributed by atoms with Crippen LogP contribution in [0.15, 0.2) is 41.8 Å². The zero-order chi connectivity index (χ0) is 14.8. The van der Waals surface area contributed by atoms with E-state index in [-0.39, 0.29) is 11.2 Å². The Bertz CT molecular complexity index is 624. The lowest BCUT2D eigenvalue weighted by atomic mass is 10.3. The van der Waals surface area contributed by atoms with E-state index in [1.807, 2.05) is 37.3 Å². The third kappa shape index (κ3) is 3.10. The summed E-state index contributed by atoms with van der Waals surface area (Å²) in [6.07, 6.45) is 4.12. The van der Waals surface area contributed by atoms with Crippen LogP contribution in [0.3, 0.4) is 0 Å². The summed E-state index contributed by atoms with van der Waals surface area (Å²) < 4.78 is 2.08. The lowest BCUT2D eigenvalue weighted by Gasteiger charge is -2.21. The van der Waals surface area contributed by atoms with E-state index in [1.54, 1.807) is 18.3 Å². The molecular formula is C15H18N4OS. The summed E-state index contributed by atoms with van der Waals surface area (Å²) in [5.41, 5.74) is 0.901. The van der Waals surface area contributed by atoms with Crippen LogP contribution < -0.4 is 4.90 Å². The molecule has 6 heteroatoms. The highest BCUT2D eigenvalue weighted by atomic mass is 32.2. The summed E-state index contributed by atoms with van der Waals surface area (Å²) in [6.45, 7) is 1.92. The number of para-hydroxylation sites is 1. The van der Waals surface area contributed by atoms with Gasteiger partial charge in [0.2, 0.25) is 5.91 Å². The van der Waals surface area contributed by atoms with Crippen LogP contribution in [0, 0.1) is 0 Å². The van der Waals surface area contributed by atoms with E-state index >= 15 is 0 Å². The fourth-order valence-corrected chi connectivity index (χ4v) is 3.17. The zero-order valence-electron chi connectivity index (χ0n) is 12.1. The summed E-state index contributed by atoms with van der Waals surface area (Å²) >= 11 is 1.47. The summed E-state index contributed by atoms with van der Waals surface area (Å²) in [5, 5.41) is 8.74. The van der Waals surface area contributed by atoms with Crippen molar-refractivity contribution in [3.63, 3.8) is 0 Å². The first kappa shape index (κ1) is 14.1. The van der Waals surface area contributed by atoms with Crippen molar-refractivity contribution in [1.29, 1.82) is 0 Å². The van der Waals surface area contributed by atoms with Crippen molar-refractivity contribution in [3.8, 4) is 0 Å². The van der Waals surface area contributed by atoms with Gasteiger partial charge in [0.25, 0.3) is 0 Å². The van der Waals surface area contributed by atoms with Gasteiger partial charge in [-0.2, -0.15) is 0 Å². The number of nitrogens with zero attached hydrogens (tertiary/aromatic N) is 4. The van der Waals surface area contributed by atoms with Crippen LogP contribution in [0.4, 0.5) is 5.69 Å². The third-order valence-corrected chi connectivity index (χ3v) is 4.64. The number of hydrogen-bond donors (Lipinski definition) is 0. The number of hydrogen-bond acceptors (Lipinski definition) is 4. The largest absolute Gasteiger partial charge is 0.315 e. The van der Waals surface area contributed by atoms with Crippen molar-refractivity contribution >= 4 is 23.4 Å². The molecule has 1 aromatic carbocycles. The van der Waals surface area contributed by atoms with Crippen LogP contribution >= 0.6 is 11.8 Å². The fraction of sp³-hybridized carbons (Fsp3) is 0.400. The molecule has 1 heterocycles. The predicted molar refractivity (Wildman–Crippen MR) is 83.5 cm³/mol. The van der Waals surface area contributed by atoms with E-state index in [4.69, 9.17) is 0 Å². The lowest BCUT2D eigenvalue weighted by molar-refractivity contribution is -0.117. The van der Waals surface area contributed by atoms with Gasteiger partial charge in [0.1, 0.15) is 6.33 Å². The molecule has 1 saturated carbocycles. The molecule has 1 aliphatic rings. The Morgan fingerprint density at radius 2 is 2.10 bits per heavy atom. The Kier molecular flexibility index (Phi) is 3.96. The van der Waals surface area contributed by atoms with Crippen molar-refractivity contribution < 1.29 is 4.79 Å². The van der Waals surface area contributed by atoms with Gasteiger partial charge in [-0.1, -0.05) is 30.0 Å². The van der Waals surface area contributed by atoms with E-state index in [2.05, 4.69) is 14.8 Å². The standard InChI is InChI=1S/C15H18N4OS/c1-11(14(20)18(2)12-6-4-3-5-7-12)21-15-17-16-10-19(15)13-8-9-13/h3-7,10-11,13H,8-9H2,1-2H3/t11-/m1/s1. The van der Waals surface area contributed by atoms with Gasteiger partial charge in [-0.3, -0.25) is 4.79 Å². The zero-order valence-corrected chi connectivity index (χ0v) is 13.0. The first-order valence-corrected chi connectivity index (χ1v) is 7.93. The minimum absolute atomic E-state index is 0.0662. The van der Waals surface area contributed by atoms with Crippen molar-refractivity contribution in [2.24, 2.45) is 0 Å². The second kappa shape index (κ2) is 5.89. The molecule has 0 aliphatic heterocycles. The van der Waals surface area contributed by atoms with Gasteiger partial charge in [0.15, 0.2) is 5.16 Å². The summed E-state index contributed by atoms with van der Waals surface area (Å²) in [7, 11) is 1.81. The molecule has 0 spiro atoms. The molecule has 5 nitrogen and oxygen atoms in total. The molecule has 1 fully saturated rings. The Hall–Kier alpha value is -1.82. The Morgan fingerprint density at radius 3 is 2.76 bits per heavy atom. The maximum atomic E-state index is 12.5. The first-order chi connectivity index (χ1) is 10.2. The highest BCUT2D eigenvalue weighted by Gasteiger charge is 2.28. The molecular weight excluding hydrogens is 284 g/mol. The average molecular weight is 302 g/mol. The van der Waals surface area contributed by atoms with Gasteiger partial charge in [-0.25, -0.2) is 0 Å². The molecule has 0 N–H and O–H groups in total. The monoisotopic (exact) mass is 302 g/mol. The molecule has 1 atom stereocenters. The third-order valence-electron chi connectivity index (χ3n) is 3.58. The number of carbonyl (C=O) groups is 1. The number of amides is 1. The van der Waals surface area contributed by atoms with Gasteiger partial charge in [-0.15, -0.1) is 10.2 Å². The average Bonchev–Trinajstić information content (AvgIpc) is 3.26. The van der Waals surface area contributed by atoms with Crippen LogP contribution in [0.1, 0.15) is 25.8 Å². The Morgan fingerprint density at radius 1 is 1.38 bits per heavy atom. The molecule has 0 bridgehead atoms. The predicted octanol–water partition coefficient (Wildman–Crippen LogP) is 2.76. The highest BCUT2D eigenvalue weighted by Crippen LogP contribution is 2.38. The second-order valence-electron chi connectivity index (χ2n) is 5.24. The number of carbonyl (C=O) groups excluding carboxylic acids is 1. The summed E-state index contributed by atoms with van der Waals surface area (Å²) in [5.74, 6) is 0.0662. The smallest absolute Gasteiger partial charge is 0.240 e. The fourth-order valence-electron chi connectivity index (χ4n) is 2.18. The van der Waals surface area contributed by atoms with Crippen LogP contribution in [0.25, 0.3) is 0 Å². The molecule has 110 valence electrons. The topological polar surface area (TPSA) is 51.0 Å². The number of anilines is 1. The van der Waals surface area contributed by atoms with E-state index in [1.165, 1.54) is 24.6 Å². The molecule has 1 amide bonds. The number of benzene rings is 1. The SMILES string of the molecule is C[C@@H](Sc1nncn1C1CC1)C(=O)N(C)c1ccccc1. The first-order valence-electron chi connectivity index (χ1n) is 7.05. The van der Waals surface area contributed by atoms with E-state index < -0.39 is 0 Å². The van der Waals surface area contributed by atoms with Crippen molar-refractivity contribution in [2.45, 2.75) is 36.2 Å². The van der Waals surface area contributed by atoms with Gasteiger partial charge in [0, 0.05) is 18.8 Å². The minimum atomic E-state index is -0.197. The lowest BCUT2D eigenvalue weighted by Crippen LogP contribution is -2.33. The maximum Gasteiger partial charge on any atom is 0.240 e. The summed E-state index contributed by atoms with van der Waals surface area (Å²) in [6, 6.07) is 10.2. The van der Waals surface area contributed by atoms with Crippen molar-refractivity contribution in [1.82, 2.24) is 14.8 Å². The van der Waals surface area contributed by atoms with Crippen molar-refractivity contribution in [3.05, 3.63) is 36.7 Å². The molecule has 1 aliphatic carbocycles. The molecule has 0 saturated heterocycles. The summed E-state index contributed by atoms with van der Waals surface area (Å²) in [4.78, 5) is 14.2. The Labute approximate surface area is 128 Å². The minimum Gasteiger partial charge on any atom is -0.315 e. The molecule has 0 unspecified atom stereocenters. The van der Waals surface area contributed by atoms with Gasteiger partial charge >= 0.3 is 0 Å². The van der Waals surface area contributed by atoms with Crippen LogP contribution in [-0.4, -0.2) is 33.0 Å². The molecule has 2 aromatic rings. The van der Waals surface area contributed by atoms with E-state index in [0.29, 0.717) is 6.04 Å². The maximum absolute atomic E-state index is 12.5. The van der Waals surface area contributed by atoms with Crippen LogP contribution in [0.2, 0.25) is 0 Å². The van der Waals surface area contributed by atoms with E-state index in [0.717, 1.165) is 10.8 Å². The van der Waals surface area contributed by atoms with Crippen LogP contribution in [0.5, 0.6) is 0 Å². The molecule has 21 heavy (non-hydrogen) atoms. The van der Waals surface area contributed by atoms with Gasteiger partial charge in [0.05, 0.1) is 5.25 Å². The highest BCUT2D eigenvalue weighted by molar-refractivity contribution is 8.00. The number of rotatable bonds is 5. The molecule has 0 radical (unpaired) electrons. The van der Waals surface area contributed by atoms with Gasteiger partial charge in [-0.05, 0) is 31.9 Å². The number of aromatic nitrogens is 3.